The number of anilines is 1. The smallest absolute Gasteiger partial charge is 0.201 e. The molecule has 0 radical (unpaired) electrons. The number of nitrogen functional groups attached to an aromatic ring is 1. The average molecular weight is 354 g/mol. The maximum atomic E-state index is 6.24. The Hall–Kier alpha value is -2.57. The highest BCUT2D eigenvalue weighted by Crippen LogP contribution is 2.31. The van der Waals surface area contributed by atoms with Crippen LogP contribution < -0.4 is 5.73 Å². The molecule has 0 aliphatic carbocycles. The Kier molecular flexibility index (Phi) is 3.84. The highest BCUT2D eigenvalue weighted by Gasteiger charge is 2.13. The first-order valence-electron chi connectivity index (χ1n) is 7.27. The zero-order valence-corrected chi connectivity index (χ0v) is 14.1. The summed E-state index contributed by atoms with van der Waals surface area (Å²) in [6, 6.07) is 11.6. The van der Waals surface area contributed by atoms with E-state index >= 15 is 0 Å². The van der Waals surface area contributed by atoms with Crippen LogP contribution in [-0.2, 0) is 6.42 Å². The molecule has 4 rings (SSSR count). The van der Waals surface area contributed by atoms with Gasteiger partial charge in [-0.3, -0.25) is 0 Å². The molecule has 0 aliphatic heterocycles. The van der Waals surface area contributed by atoms with Crippen LogP contribution in [0.3, 0.4) is 0 Å². The van der Waals surface area contributed by atoms with E-state index in [9.17, 15) is 0 Å². The number of nitrogens with zero attached hydrogens (tertiary/aromatic N) is 4. The quantitative estimate of drug-likeness (QED) is 0.602. The Morgan fingerprint density at radius 1 is 1.00 bits per heavy atom. The molecule has 0 spiro atoms. The molecule has 1 aromatic carbocycles. The van der Waals surface area contributed by atoms with Gasteiger partial charge in [0.05, 0.1) is 5.39 Å². The molecule has 0 amide bonds. The first kappa shape index (κ1) is 15.0. The lowest BCUT2D eigenvalue weighted by atomic mass is 10.1. The lowest BCUT2D eigenvalue weighted by Gasteiger charge is -2.00. The molecule has 3 aromatic heterocycles. The molecular weight excluding hydrogens is 342 g/mol. The highest BCUT2D eigenvalue weighted by atomic mass is 35.5. The lowest BCUT2D eigenvalue weighted by Crippen LogP contribution is -1.98. The summed E-state index contributed by atoms with van der Waals surface area (Å²) in [4.78, 5) is 19.2. The minimum Gasteiger partial charge on any atom is -0.383 e. The first-order chi connectivity index (χ1) is 11.7. The second kappa shape index (κ2) is 6.14. The number of fused-ring (bicyclic) bond motifs is 1. The van der Waals surface area contributed by atoms with Crippen LogP contribution in [0.1, 0.15) is 10.4 Å². The third-order valence-electron chi connectivity index (χ3n) is 3.56. The zero-order valence-electron chi connectivity index (χ0n) is 12.5. The standard InChI is InChI=1S/C17H12ClN5S/c18-13-5-2-1-4-10(13)8-11-9-12-14(19)22-16(23-17(12)24-11)15-20-6-3-7-21-15/h1-7,9H,8H2,(H2,19,22,23). The summed E-state index contributed by atoms with van der Waals surface area (Å²) in [5.41, 5.74) is 7.18. The molecule has 24 heavy (non-hydrogen) atoms. The first-order valence-corrected chi connectivity index (χ1v) is 8.47. The van der Waals surface area contributed by atoms with E-state index in [1.807, 2.05) is 30.3 Å². The fourth-order valence-electron chi connectivity index (χ4n) is 2.42. The largest absolute Gasteiger partial charge is 0.383 e. The average Bonchev–Trinajstić information content (AvgIpc) is 3.01. The van der Waals surface area contributed by atoms with Gasteiger partial charge < -0.3 is 5.73 Å². The van der Waals surface area contributed by atoms with Gasteiger partial charge in [-0.05, 0) is 23.8 Å². The van der Waals surface area contributed by atoms with Gasteiger partial charge in [0.1, 0.15) is 10.6 Å². The van der Waals surface area contributed by atoms with Crippen molar-refractivity contribution in [3.05, 3.63) is 64.3 Å². The topological polar surface area (TPSA) is 77.6 Å². The van der Waals surface area contributed by atoms with E-state index in [1.165, 1.54) is 0 Å². The van der Waals surface area contributed by atoms with E-state index in [0.29, 0.717) is 17.5 Å². The normalized spacial score (nSPS) is 11.0. The third-order valence-corrected chi connectivity index (χ3v) is 4.96. The summed E-state index contributed by atoms with van der Waals surface area (Å²) in [5.74, 6) is 1.34. The Bertz CT molecular complexity index is 1020. The van der Waals surface area contributed by atoms with E-state index in [1.54, 1.807) is 29.8 Å². The van der Waals surface area contributed by atoms with Crippen molar-refractivity contribution in [1.82, 2.24) is 19.9 Å². The van der Waals surface area contributed by atoms with Gasteiger partial charge in [-0.15, -0.1) is 11.3 Å². The molecular formula is C17H12ClN5S. The number of nitrogens with two attached hydrogens (primary N) is 1. The Morgan fingerprint density at radius 2 is 1.79 bits per heavy atom. The van der Waals surface area contributed by atoms with Crippen LogP contribution >= 0.6 is 22.9 Å². The summed E-state index contributed by atoms with van der Waals surface area (Å²) >= 11 is 7.82. The molecule has 118 valence electrons. The fraction of sp³-hybridized carbons (Fsp3) is 0.0588. The van der Waals surface area contributed by atoms with Crippen molar-refractivity contribution in [3.63, 3.8) is 0 Å². The Labute approximate surface area is 147 Å². The minimum absolute atomic E-state index is 0.434. The van der Waals surface area contributed by atoms with Crippen molar-refractivity contribution >= 4 is 39.0 Å². The van der Waals surface area contributed by atoms with E-state index < -0.39 is 0 Å². The molecule has 4 aromatic rings. The van der Waals surface area contributed by atoms with Gasteiger partial charge in [-0.2, -0.15) is 0 Å². The number of halogens is 1. The van der Waals surface area contributed by atoms with Crippen LogP contribution in [-0.4, -0.2) is 19.9 Å². The van der Waals surface area contributed by atoms with Crippen molar-refractivity contribution in [2.45, 2.75) is 6.42 Å². The van der Waals surface area contributed by atoms with Crippen LogP contribution in [0.15, 0.2) is 48.8 Å². The molecule has 0 saturated carbocycles. The Morgan fingerprint density at radius 3 is 2.58 bits per heavy atom. The van der Waals surface area contributed by atoms with Crippen LogP contribution in [0, 0.1) is 0 Å². The summed E-state index contributed by atoms with van der Waals surface area (Å²) < 4.78 is 0. The van der Waals surface area contributed by atoms with Crippen molar-refractivity contribution in [3.8, 4) is 11.6 Å². The molecule has 2 N–H and O–H groups in total. The van der Waals surface area contributed by atoms with Crippen LogP contribution in [0.4, 0.5) is 5.82 Å². The van der Waals surface area contributed by atoms with Crippen LogP contribution in [0.2, 0.25) is 5.02 Å². The van der Waals surface area contributed by atoms with Crippen molar-refractivity contribution in [2.75, 3.05) is 5.73 Å². The molecule has 5 nitrogen and oxygen atoms in total. The predicted octanol–water partition coefficient (Wildman–Crippen LogP) is 3.97. The van der Waals surface area contributed by atoms with Gasteiger partial charge in [-0.25, -0.2) is 19.9 Å². The predicted molar refractivity (Wildman–Crippen MR) is 97.1 cm³/mol. The number of hydrogen-bond acceptors (Lipinski definition) is 6. The van der Waals surface area contributed by atoms with Gasteiger partial charge in [0.2, 0.25) is 5.82 Å². The SMILES string of the molecule is Nc1nc(-c2ncccn2)nc2sc(Cc3ccccc3Cl)cc12. The lowest BCUT2D eigenvalue weighted by molar-refractivity contribution is 1.10. The molecule has 0 aliphatic rings. The molecule has 0 atom stereocenters. The number of benzene rings is 1. The van der Waals surface area contributed by atoms with Gasteiger partial charge >= 0.3 is 0 Å². The molecule has 0 saturated heterocycles. The Balaban J connectivity index is 1.76. The van der Waals surface area contributed by atoms with Gasteiger partial charge in [0.15, 0.2) is 5.82 Å². The number of hydrogen-bond donors (Lipinski definition) is 1. The van der Waals surface area contributed by atoms with Gasteiger partial charge in [0.25, 0.3) is 0 Å². The van der Waals surface area contributed by atoms with Crippen molar-refractivity contribution < 1.29 is 0 Å². The summed E-state index contributed by atoms with van der Waals surface area (Å²) in [5, 5.41) is 1.61. The van der Waals surface area contributed by atoms with Crippen molar-refractivity contribution in [2.24, 2.45) is 0 Å². The molecule has 0 unspecified atom stereocenters. The van der Waals surface area contributed by atoms with Gasteiger partial charge in [0, 0.05) is 28.7 Å². The van der Waals surface area contributed by atoms with Gasteiger partial charge in [-0.1, -0.05) is 29.8 Å². The van der Waals surface area contributed by atoms with E-state index in [-0.39, 0.29) is 0 Å². The molecule has 7 heteroatoms. The van der Waals surface area contributed by atoms with E-state index in [4.69, 9.17) is 17.3 Å². The number of thiophene rings is 1. The summed E-state index contributed by atoms with van der Waals surface area (Å²) in [6.07, 6.45) is 4.05. The maximum absolute atomic E-state index is 6.24. The second-order valence-electron chi connectivity index (χ2n) is 5.20. The molecule has 0 bridgehead atoms. The van der Waals surface area contributed by atoms with Crippen LogP contribution in [0.25, 0.3) is 21.9 Å². The fourth-order valence-corrected chi connectivity index (χ4v) is 3.69. The maximum Gasteiger partial charge on any atom is 0.201 e. The van der Waals surface area contributed by atoms with Crippen LogP contribution in [0.5, 0.6) is 0 Å². The number of rotatable bonds is 3. The van der Waals surface area contributed by atoms with Crippen molar-refractivity contribution in [1.29, 1.82) is 0 Å². The minimum atomic E-state index is 0.434. The molecule has 0 fully saturated rings. The van der Waals surface area contributed by atoms with E-state index in [2.05, 4.69) is 19.9 Å². The summed E-state index contributed by atoms with van der Waals surface area (Å²) in [6.45, 7) is 0. The third kappa shape index (κ3) is 2.81. The second-order valence-corrected chi connectivity index (χ2v) is 6.73. The van der Waals surface area contributed by atoms with E-state index in [0.717, 1.165) is 32.1 Å². The zero-order chi connectivity index (χ0) is 16.5. The monoisotopic (exact) mass is 353 g/mol. The molecule has 3 heterocycles. The highest BCUT2D eigenvalue weighted by molar-refractivity contribution is 7.18. The summed E-state index contributed by atoms with van der Waals surface area (Å²) in [7, 11) is 0. The number of aromatic nitrogens is 4.